The van der Waals surface area contributed by atoms with Gasteiger partial charge in [0.1, 0.15) is 22.3 Å². The van der Waals surface area contributed by atoms with Crippen molar-refractivity contribution in [2.75, 3.05) is 4.90 Å². The van der Waals surface area contributed by atoms with Gasteiger partial charge in [-0.15, -0.1) is 0 Å². The molecule has 0 N–H and O–H groups in total. The van der Waals surface area contributed by atoms with Crippen molar-refractivity contribution in [3.05, 3.63) is 237 Å². The summed E-state index contributed by atoms with van der Waals surface area (Å²) in [4.78, 5) is 2.38. The fourth-order valence-corrected chi connectivity index (χ4v) is 9.17. The molecule has 0 aliphatic carbocycles. The van der Waals surface area contributed by atoms with Crippen LogP contribution in [-0.2, 0) is 0 Å². The number of benzene rings is 10. The van der Waals surface area contributed by atoms with Crippen LogP contribution in [0.3, 0.4) is 0 Å². The minimum Gasteiger partial charge on any atom is -0.456 e. The Morgan fingerprint density at radius 1 is 0.270 bits per heavy atom. The predicted molar refractivity (Wildman–Crippen MR) is 263 cm³/mol. The van der Waals surface area contributed by atoms with Crippen LogP contribution in [0.5, 0.6) is 0 Å². The number of hydrogen-bond donors (Lipinski definition) is 0. The molecule has 0 atom stereocenters. The highest BCUT2D eigenvalue weighted by atomic mass is 16.3. The molecule has 0 fully saturated rings. The van der Waals surface area contributed by atoms with Crippen molar-refractivity contribution >= 4 is 60.9 Å². The van der Waals surface area contributed by atoms with Crippen molar-refractivity contribution < 1.29 is 8.83 Å². The van der Waals surface area contributed by atoms with Gasteiger partial charge in [0, 0.05) is 33.1 Å². The van der Waals surface area contributed by atoms with Gasteiger partial charge in [0.2, 0.25) is 0 Å². The summed E-state index contributed by atoms with van der Waals surface area (Å²) in [5.74, 6) is 0. The topological polar surface area (TPSA) is 29.5 Å². The number of nitrogens with zero attached hydrogens (tertiary/aromatic N) is 1. The molecule has 0 spiro atoms. The molecule has 12 rings (SSSR count). The fraction of sp³-hybridized carbons (Fsp3) is 0. The average molecular weight is 806 g/mol. The highest BCUT2D eigenvalue weighted by Gasteiger charge is 2.23. The molecule has 12 aromatic rings. The third-order valence-electron chi connectivity index (χ3n) is 12.3. The standard InChI is InChI=1S/C60H39NO2/c1-3-13-40(14-4-1)42-25-27-43(28-26-42)44-29-32-49(33-30-44)61(50-20-12-18-46(38-50)41-15-5-2-6-16-41)55-36-35-51(60-59(55)54-22-8-10-24-57(54)63-60)48-19-11-17-45(37-48)47-31-34-53-52-21-7-9-23-56(52)62-58(53)39-47/h1-39H. The third kappa shape index (κ3) is 6.55. The molecule has 3 nitrogen and oxygen atoms in total. The van der Waals surface area contributed by atoms with Crippen molar-refractivity contribution in [3.8, 4) is 55.6 Å². The van der Waals surface area contributed by atoms with Gasteiger partial charge in [-0.1, -0.05) is 170 Å². The predicted octanol–water partition coefficient (Wildman–Crippen LogP) is 17.3. The van der Waals surface area contributed by atoms with E-state index in [4.69, 9.17) is 8.83 Å². The van der Waals surface area contributed by atoms with Crippen LogP contribution >= 0.6 is 0 Å². The molecule has 296 valence electrons. The summed E-state index contributed by atoms with van der Waals surface area (Å²) >= 11 is 0. The first-order valence-electron chi connectivity index (χ1n) is 21.4. The van der Waals surface area contributed by atoms with Gasteiger partial charge >= 0.3 is 0 Å². The zero-order chi connectivity index (χ0) is 41.7. The van der Waals surface area contributed by atoms with Crippen LogP contribution in [0, 0.1) is 0 Å². The van der Waals surface area contributed by atoms with Gasteiger partial charge in [0.25, 0.3) is 0 Å². The van der Waals surface area contributed by atoms with Crippen LogP contribution in [0.15, 0.2) is 245 Å². The summed E-state index contributed by atoms with van der Waals surface area (Å²) in [5.41, 5.74) is 18.0. The molecule has 2 aromatic heterocycles. The van der Waals surface area contributed by atoms with E-state index < -0.39 is 0 Å². The lowest BCUT2D eigenvalue weighted by Gasteiger charge is -2.27. The summed E-state index contributed by atoms with van der Waals surface area (Å²) in [5, 5.41) is 4.37. The molecule has 0 saturated heterocycles. The van der Waals surface area contributed by atoms with E-state index in [0.29, 0.717) is 0 Å². The first-order chi connectivity index (χ1) is 31.2. The lowest BCUT2D eigenvalue weighted by Crippen LogP contribution is -2.10. The molecule has 0 aliphatic heterocycles. The van der Waals surface area contributed by atoms with E-state index in [1.807, 2.05) is 18.2 Å². The lowest BCUT2D eigenvalue weighted by atomic mass is 9.96. The second-order valence-electron chi connectivity index (χ2n) is 16.1. The Hall–Kier alpha value is -8.40. The summed E-state index contributed by atoms with van der Waals surface area (Å²) in [6.45, 7) is 0. The van der Waals surface area contributed by atoms with E-state index in [0.717, 1.165) is 94.3 Å². The second kappa shape index (κ2) is 15.3. The number of para-hydroxylation sites is 2. The normalized spacial score (nSPS) is 11.5. The monoisotopic (exact) mass is 805 g/mol. The van der Waals surface area contributed by atoms with Crippen LogP contribution in [0.2, 0.25) is 0 Å². The Morgan fingerprint density at radius 2 is 0.762 bits per heavy atom. The molecule has 3 heteroatoms. The molecule has 0 unspecified atom stereocenters. The maximum absolute atomic E-state index is 6.91. The minimum atomic E-state index is 0.845. The molecule has 0 radical (unpaired) electrons. The van der Waals surface area contributed by atoms with E-state index in [1.54, 1.807) is 0 Å². The smallest absolute Gasteiger partial charge is 0.145 e. The number of fused-ring (bicyclic) bond motifs is 6. The molecule has 0 saturated carbocycles. The van der Waals surface area contributed by atoms with E-state index in [1.165, 1.54) is 22.3 Å². The van der Waals surface area contributed by atoms with E-state index in [-0.39, 0.29) is 0 Å². The summed E-state index contributed by atoms with van der Waals surface area (Å²) in [6, 6.07) is 84.1. The number of furan rings is 2. The molecular formula is C60H39NO2. The Bertz CT molecular complexity index is 3600. The molecule has 63 heavy (non-hydrogen) atoms. The van der Waals surface area contributed by atoms with Crippen LogP contribution in [0.4, 0.5) is 17.1 Å². The number of hydrogen-bond acceptors (Lipinski definition) is 3. The molecule has 0 bridgehead atoms. The van der Waals surface area contributed by atoms with Crippen LogP contribution in [0.25, 0.3) is 99.5 Å². The summed E-state index contributed by atoms with van der Waals surface area (Å²) in [6.07, 6.45) is 0. The molecule has 0 aliphatic rings. The largest absolute Gasteiger partial charge is 0.456 e. The number of anilines is 3. The highest BCUT2D eigenvalue weighted by molar-refractivity contribution is 6.17. The Kier molecular flexibility index (Phi) is 8.83. The zero-order valence-electron chi connectivity index (χ0n) is 34.3. The Labute approximate surface area is 365 Å². The average Bonchev–Trinajstić information content (AvgIpc) is 3.94. The van der Waals surface area contributed by atoms with E-state index in [2.05, 4.69) is 223 Å². The van der Waals surface area contributed by atoms with Gasteiger partial charge in [-0.25, -0.2) is 0 Å². The van der Waals surface area contributed by atoms with Crippen molar-refractivity contribution in [1.29, 1.82) is 0 Å². The third-order valence-corrected chi connectivity index (χ3v) is 12.3. The van der Waals surface area contributed by atoms with Crippen LogP contribution < -0.4 is 4.90 Å². The van der Waals surface area contributed by atoms with Crippen molar-refractivity contribution in [3.63, 3.8) is 0 Å². The van der Waals surface area contributed by atoms with E-state index >= 15 is 0 Å². The highest BCUT2D eigenvalue weighted by Crippen LogP contribution is 2.47. The lowest BCUT2D eigenvalue weighted by molar-refractivity contribution is 0.669. The molecule has 0 amide bonds. The van der Waals surface area contributed by atoms with Gasteiger partial charge in [-0.2, -0.15) is 0 Å². The van der Waals surface area contributed by atoms with Gasteiger partial charge in [0.05, 0.1) is 11.1 Å². The molecular weight excluding hydrogens is 767 g/mol. The van der Waals surface area contributed by atoms with Gasteiger partial charge < -0.3 is 13.7 Å². The zero-order valence-corrected chi connectivity index (χ0v) is 34.3. The first-order valence-corrected chi connectivity index (χ1v) is 21.4. The molecule has 2 heterocycles. The summed E-state index contributed by atoms with van der Waals surface area (Å²) < 4.78 is 13.2. The Balaban J connectivity index is 0.995. The quantitative estimate of drug-likeness (QED) is 0.153. The maximum Gasteiger partial charge on any atom is 0.145 e. The second-order valence-corrected chi connectivity index (χ2v) is 16.1. The minimum absolute atomic E-state index is 0.845. The Morgan fingerprint density at radius 3 is 1.48 bits per heavy atom. The van der Waals surface area contributed by atoms with Gasteiger partial charge in [-0.3, -0.25) is 0 Å². The summed E-state index contributed by atoms with van der Waals surface area (Å²) in [7, 11) is 0. The van der Waals surface area contributed by atoms with Gasteiger partial charge in [0.15, 0.2) is 0 Å². The van der Waals surface area contributed by atoms with Crippen molar-refractivity contribution in [1.82, 2.24) is 0 Å². The van der Waals surface area contributed by atoms with Crippen LogP contribution in [0.1, 0.15) is 0 Å². The van der Waals surface area contributed by atoms with Crippen LogP contribution in [-0.4, -0.2) is 0 Å². The first kappa shape index (κ1) is 36.5. The number of rotatable bonds is 8. The van der Waals surface area contributed by atoms with Gasteiger partial charge in [-0.05, 0) is 117 Å². The van der Waals surface area contributed by atoms with E-state index in [9.17, 15) is 0 Å². The molecule has 10 aromatic carbocycles. The fourth-order valence-electron chi connectivity index (χ4n) is 9.17. The van der Waals surface area contributed by atoms with Crippen molar-refractivity contribution in [2.45, 2.75) is 0 Å². The maximum atomic E-state index is 6.91. The van der Waals surface area contributed by atoms with Crippen molar-refractivity contribution in [2.24, 2.45) is 0 Å². The SMILES string of the molecule is c1ccc(-c2ccc(-c3ccc(N(c4cccc(-c5ccccc5)c4)c4ccc(-c5cccc(-c6ccc7c(c6)oc6ccccc67)c5)c5oc6ccccc6c45)cc3)cc2)cc1.